The summed E-state index contributed by atoms with van der Waals surface area (Å²) in [5, 5.41) is 19.9. The van der Waals surface area contributed by atoms with Crippen LogP contribution in [0.4, 0.5) is 0 Å². The fraction of sp³-hybridized carbons (Fsp3) is 0.250. The van der Waals surface area contributed by atoms with Gasteiger partial charge >= 0.3 is 11.9 Å². The molecule has 2 N–H and O–H groups in total. The van der Waals surface area contributed by atoms with Crippen LogP contribution < -0.4 is 0 Å². The first kappa shape index (κ1) is 14.2. The first-order valence-corrected chi connectivity index (χ1v) is 6.74. The average molecular weight is 302 g/mol. The first-order valence-electron chi connectivity index (χ1n) is 6.74. The van der Waals surface area contributed by atoms with Crippen LogP contribution in [-0.4, -0.2) is 35.4 Å². The summed E-state index contributed by atoms with van der Waals surface area (Å²) in [6.07, 6.45) is 0. The van der Waals surface area contributed by atoms with Gasteiger partial charge in [-0.15, -0.1) is 0 Å². The molecule has 0 atom stereocenters. The Morgan fingerprint density at radius 2 is 1.36 bits per heavy atom. The topological polar surface area (TPSA) is 93.1 Å². The Hall–Kier alpha value is -2.76. The zero-order valence-corrected chi connectivity index (χ0v) is 11.8. The summed E-state index contributed by atoms with van der Waals surface area (Å²) in [6.45, 7) is 1.43. The zero-order valence-electron chi connectivity index (χ0n) is 11.8. The van der Waals surface area contributed by atoms with Crippen LogP contribution in [0.5, 0.6) is 0 Å². The molecule has 2 heterocycles. The second kappa shape index (κ2) is 5.22. The molecular formula is C16H14O6. The SMILES string of the molecule is Cc1ccc(C(C2=C(O)COC2=O)C2=C(O)COC2=O)cc1. The van der Waals surface area contributed by atoms with Crippen LogP contribution >= 0.6 is 0 Å². The van der Waals surface area contributed by atoms with Gasteiger partial charge in [-0.3, -0.25) is 0 Å². The van der Waals surface area contributed by atoms with Gasteiger partial charge in [0.25, 0.3) is 0 Å². The van der Waals surface area contributed by atoms with Crippen molar-refractivity contribution < 1.29 is 29.3 Å². The van der Waals surface area contributed by atoms with Crippen molar-refractivity contribution in [3.05, 3.63) is 58.1 Å². The third kappa shape index (κ3) is 2.22. The molecule has 0 radical (unpaired) electrons. The molecule has 3 rings (SSSR count). The quantitative estimate of drug-likeness (QED) is 0.827. The standard InChI is InChI=1S/C16H14O6/c1-8-2-4-9(5-3-8)12(13-10(17)6-21-15(13)19)14-11(18)7-22-16(14)20/h2-5,12,17-18H,6-7H2,1H3. The summed E-state index contributed by atoms with van der Waals surface area (Å²) < 4.78 is 9.63. The molecule has 0 saturated heterocycles. The molecule has 0 fully saturated rings. The maximum atomic E-state index is 11.9. The van der Waals surface area contributed by atoms with E-state index in [0.29, 0.717) is 5.56 Å². The predicted octanol–water partition coefficient (Wildman–Crippen LogP) is 1.82. The average Bonchev–Trinajstić information content (AvgIpc) is 2.99. The predicted molar refractivity (Wildman–Crippen MR) is 75.1 cm³/mol. The number of rotatable bonds is 3. The summed E-state index contributed by atoms with van der Waals surface area (Å²) in [6, 6.07) is 7.10. The Morgan fingerprint density at radius 1 is 0.909 bits per heavy atom. The van der Waals surface area contributed by atoms with E-state index >= 15 is 0 Å². The van der Waals surface area contributed by atoms with Crippen molar-refractivity contribution in [2.24, 2.45) is 0 Å². The van der Waals surface area contributed by atoms with Crippen LogP contribution in [0.2, 0.25) is 0 Å². The molecule has 0 aliphatic carbocycles. The number of esters is 2. The molecule has 0 bridgehead atoms. The van der Waals surface area contributed by atoms with Crippen molar-refractivity contribution in [1.82, 2.24) is 0 Å². The number of carbonyl (C=O) groups excluding carboxylic acids is 2. The highest BCUT2D eigenvalue weighted by atomic mass is 16.6. The summed E-state index contributed by atoms with van der Waals surface area (Å²) >= 11 is 0. The van der Waals surface area contributed by atoms with Gasteiger partial charge in [0.15, 0.2) is 0 Å². The molecule has 2 aliphatic heterocycles. The molecule has 6 nitrogen and oxygen atoms in total. The minimum Gasteiger partial charge on any atom is -0.508 e. The summed E-state index contributed by atoms with van der Waals surface area (Å²) in [5.41, 5.74) is 1.52. The zero-order chi connectivity index (χ0) is 15.9. The number of benzene rings is 1. The van der Waals surface area contributed by atoms with Crippen molar-refractivity contribution in [2.45, 2.75) is 12.8 Å². The van der Waals surface area contributed by atoms with E-state index in [1.54, 1.807) is 12.1 Å². The lowest BCUT2D eigenvalue weighted by atomic mass is 9.83. The van der Waals surface area contributed by atoms with E-state index in [0.717, 1.165) is 5.56 Å². The van der Waals surface area contributed by atoms with Crippen LogP contribution in [0, 0.1) is 6.92 Å². The summed E-state index contributed by atoms with van der Waals surface area (Å²) in [4.78, 5) is 23.9. The molecule has 6 heteroatoms. The number of carbonyl (C=O) groups is 2. The van der Waals surface area contributed by atoms with E-state index < -0.39 is 17.9 Å². The van der Waals surface area contributed by atoms with Gasteiger partial charge in [-0.05, 0) is 12.5 Å². The van der Waals surface area contributed by atoms with E-state index in [1.165, 1.54) is 0 Å². The molecule has 0 unspecified atom stereocenters. The smallest absolute Gasteiger partial charge is 0.338 e. The van der Waals surface area contributed by atoms with E-state index in [-0.39, 0.29) is 35.9 Å². The van der Waals surface area contributed by atoms with Crippen molar-refractivity contribution in [1.29, 1.82) is 0 Å². The summed E-state index contributed by atoms with van der Waals surface area (Å²) in [7, 11) is 0. The number of cyclic esters (lactones) is 2. The van der Waals surface area contributed by atoms with E-state index in [4.69, 9.17) is 9.47 Å². The van der Waals surface area contributed by atoms with Crippen LogP contribution in [0.3, 0.4) is 0 Å². The van der Waals surface area contributed by atoms with Crippen LogP contribution in [0.25, 0.3) is 0 Å². The van der Waals surface area contributed by atoms with Gasteiger partial charge in [0.05, 0.1) is 17.1 Å². The van der Waals surface area contributed by atoms with E-state index in [9.17, 15) is 19.8 Å². The Labute approximate surface area is 126 Å². The molecule has 0 saturated carbocycles. The molecule has 22 heavy (non-hydrogen) atoms. The molecule has 0 amide bonds. The van der Waals surface area contributed by atoms with Gasteiger partial charge in [-0.25, -0.2) is 9.59 Å². The maximum Gasteiger partial charge on any atom is 0.338 e. The van der Waals surface area contributed by atoms with Gasteiger partial charge in [0.2, 0.25) is 0 Å². The Morgan fingerprint density at radius 3 is 1.73 bits per heavy atom. The number of aryl methyl sites for hydroxylation is 1. The number of aliphatic hydroxyl groups is 2. The normalized spacial score (nSPS) is 18.3. The van der Waals surface area contributed by atoms with Gasteiger partial charge in [0.1, 0.15) is 24.7 Å². The minimum absolute atomic E-state index is 0.0377. The second-order valence-electron chi connectivity index (χ2n) is 5.22. The second-order valence-corrected chi connectivity index (χ2v) is 5.22. The number of aliphatic hydroxyl groups excluding tert-OH is 2. The molecule has 114 valence electrons. The van der Waals surface area contributed by atoms with Gasteiger partial charge in [-0.1, -0.05) is 29.8 Å². The highest BCUT2D eigenvalue weighted by Crippen LogP contribution is 2.39. The number of ether oxygens (including phenoxy) is 2. The Bertz CT molecular complexity index is 671. The Kier molecular flexibility index (Phi) is 3.36. The van der Waals surface area contributed by atoms with Crippen molar-refractivity contribution in [3.63, 3.8) is 0 Å². The number of hydrogen-bond donors (Lipinski definition) is 2. The van der Waals surface area contributed by atoms with Crippen molar-refractivity contribution in [2.75, 3.05) is 13.2 Å². The molecule has 0 spiro atoms. The lowest BCUT2D eigenvalue weighted by Crippen LogP contribution is -2.17. The third-order valence-corrected chi connectivity index (χ3v) is 3.73. The lowest BCUT2D eigenvalue weighted by Gasteiger charge is -2.17. The largest absolute Gasteiger partial charge is 0.508 e. The van der Waals surface area contributed by atoms with Crippen LogP contribution in [0.1, 0.15) is 17.0 Å². The monoisotopic (exact) mass is 302 g/mol. The number of hydrogen-bond acceptors (Lipinski definition) is 6. The molecule has 1 aromatic rings. The molecule has 0 aromatic heterocycles. The van der Waals surface area contributed by atoms with E-state index in [1.807, 2.05) is 19.1 Å². The van der Waals surface area contributed by atoms with Crippen molar-refractivity contribution >= 4 is 11.9 Å². The summed E-state index contributed by atoms with van der Waals surface area (Å²) in [5.74, 6) is -2.80. The maximum absolute atomic E-state index is 11.9. The van der Waals surface area contributed by atoms with Gasteiger partial charge in [0, 0.05) is 0 Å². The van der Waals surface area contributed by atoms with Crippen LogP contribution in [0.15, 0.2) is 46.9 Å². The third-order valence-electron chi connectivity index (χ3n) is 3.73. The fourth-order valence-electron chi connectivity index (χ4n) is 2.62. The Balaban J connectivity index is 2.17. The fourth-order valence-corrected chi connectivity index (χ4v) is 2.62. The molecule has 1 aromatic carbocycles. The minimum atomic E-state index is -0.911. The lowest BCUT2D eigenvalue weighted by molar-refractivity contribution is -0.136. The van der Waals surface area contributed by atoms with Gasteiger partial charge in [-0.2, -0.15) is 0 Å². The first-order chi connectivity index (χ1) is 10.5. The van der Waals surface area contributed by atoms with Crippen molar-refractivity contribution in [3.8, 4) is 0 Å². The molecule has 2 aliphatic rings. The highest BCUT2D eigenvalue weighted by Gasteiger charge is 2.41. The van der Waals surface area contributed by atoms with Crippen LogP contribution in [-0.2, 0) is 19.1 Å². The van der Waals surface area contributed by atoms with E-state index in [2.05, 4.69) is 0 Å². The van der Waals surface area contributed by atoms with Gasteiger partial charge < -0.3 is 19.7 Å². The highest BCUT2D eigenvalue weighted by molar-refractivity contribution is 6.00. The molecular weight excluding hydrogens is 288 g/mol.